The lowest BCUT2D eigenvalue weighted by molar-refractivity contribution is 0.312. The largest absolute Gasteiger partial charge is 0.354 e. The van der Waals surface area contributed by atoms with Crippen LogP contribution < -0.4 is 10.5 Å². The minimum absolute atomic E-state index is 0.0667. The molecule has 1 aliphatic heterocycles. The summed E-state index contributed by atoms with van der Waals surface area (Å²) in [4.78, 5) is 21.8. The van der Waals surface area contributed by atoms with Crippen molar-refractivity contribution in [2.75, 3.05) is 38.1 Å². The van der Waals surface area contributed by atoms with Crippen LogP contribution in [-0.4, -0.2) is 63.1 Å². The number of halogens is 2. The van der Waals surface area contributed by atoms with Gasteiger partial charge in [0.2, 0.25) is 0 Å². The van der Waals surface area contributed by atoms with E-state index in [-0.39, 0.29) is 10.7 Å². The maximum atomic E-state index is 14.6. The van der Waals surface area contributed by atoms with Crippen LogP contribution in [0.2, 0.25) is 5.02 Å². The smallest absolute Gasteiger partial charge is 0.273 e. The van der Waals surface area contributed by atoms with Crippen molar-refractivity contribution >= 4 is 28.5 Å². The molecule has 0 saturated carbocycles. The second kappa shape index (κ2) is 7.99. The third-order valence-corrected chi connectivity index (χ3v) is 5.94. The van der Waals surface area contributed by atoms with Crippen molar-refractivity contribution in [3.63, 3.8) is 0 Å². The number of aryl methyl sites for hydroxylation is 1. The lowest BCUT2D eigenvalue weighted by atomic mass is 10.1. The number of anilines is 1. The zero-order valence-electron chi connectivity index (χ0n) is 17.6. The van der Waals surface area contributed by atoms with E-state index in [0.717, 1.165) is 42.2 Å². The molecular formula is C22H21ClFN7O. The second-order valence-corrected chi connectivity index (χ2v) is 8.41. The van der Waals surface area contributed by atoms with Crippen LogP contribution in [0.4, 0.5) is 10.2 Å². The Labute approximate surface area is 188 Å². The molecule has 1 fully saturated rings. The normalized spacial score (nSPS) is 14.9. The van der Waals surface area contributed by atoms with Crippen LogP contribution >= 0.6 is 11.6 Å². The highest BCUT2D eigenvalue weighted by Crippen LogP contribution is 2.27. The average molecular weight is 454 g/mol. The van der Waals surface area contributed by atoms with Gasteiger partial charge in [-0.1, -0.05) is 11.6 Å². The number of aromatic nitrogens is 5. The van der Waals surface area contributed by atoms with E-state index in [1.807, 2.05) is 12.1 Å². The highest BCUT2D eigenvalue weighted by Gasteiger charge is 2.19. The van der Waals surface area contributed by atoms with Crippen molar-refractivity contribution in [1.82, 2.24) is 29.9 Å². The predicted octanol–water partition coefficient (Wildman–Crippen LogP) is 3.02. The molecule has 1 aromatic carbocycles. The zero-order valence-corrected chi connectivity index (χ0v) is 18.4. The third kappa shape index (κ3) is 3.63. The van der Waals surface area contributed by atoms with Gasteiger partial charge in [-0.2, -0.15) is 14.9 Å². The van der Waals surface area contributed by atoms with Crippen LogP contribution in [0.1, 0.15) is 5.56 Å². The van der Waals surface area contributed by atoms with E-state index in [1.54, 1.807) is 19.2 Å². The summed E-state index contributed by atoms with van der Waals surface area (Å²) in [5.74, 6) is 0.289. The summed E-state index contributed by atoms with van der Waals surface area (Å²) in [7, 11) is 2.11. The highest BCUT2D eigenvalue weighted by molar-refractivity contribution is 6.30. The number of fused-ring (bicyclic) bond motifs is 1. The molecule has 10 heteroatoms. The molecule has 3 aromatic heterocycles. The summed E-state index contributed by atoms with van der Waals surface area (Å²) in [6.45, 7) is 5.52. The molecule has 0 amide bonds. The maximum Gasteiger partial charge on any atom is 0.273 e. The van der Waals surface area contributed by atoms with E-state index >= 15 is 0 Å². The molecule has 8 nitrogen and oxygen atoms in total. The lowest BCUT2D eigenvalue weighted by Gasteiger charge is -2.33. The van der Waals surface area contributed by atoms with E-state index in [1.165, 1.54) is 12.1 Å². The minimum atomic E-state index is -0.618. The molecule has 1 aliphatic rings. The van der Waals surface area contributed by atoms with Gasteiger partial charge in [-0.25, -0.2) is 9.37 Å². The van der Waals surface area contributed by atoms with Gasteiger partial charge in [0, 0.05) is 49.0 Å². The topological polar surface area (TPSA) is 82.9 Å². The quantitative estimate of drug-likeness (QED) is 0.513. The van der Waals surface area contributed by atoms with Crippen molar-refractivity contribution in [2.45, 2.75) is 6.92 Å². The molecule has 4 aromatic rings. The minimum Gasteiger partial charge on any atom is -0.354 e. The Morgan fingerprint density at radius 3 is 2.59 bits per heavy atom. The van der Waals surface area contributed by atoms with Gasteiger partial charge in [-0.05, 0) is 43.8 Å². The Balaban J connectivity index is 1.55. The number of hydrogen-bond donors (Lipinski definition) is 1. The van der Waals surface area contributed by atoms with Crippen LogP contribution in [0, 0.1) is 12.7 Å². The van der Waals surface area contributed by atoms with E-state index in [0.29, 0.717) is 22.3 Å². The molecule has 164 valence electrons. The Kier molecular flexibility index (Phi) is 5.15. The van der Waals surface area contributed by atoms with Crippen molar-refractivity contribution < 1.29 is 4.39 Å². The fourth-order valence-electron chi connectivity index (χ4n) is 3.96. The zero-order chi connectivity index (χ0) is 22.4. The molecule has 1 N–H and O–H groups in total. The van der Waals surface area contributed by atoms with Gasteiger partial charge < -0.3 is 9.80 Å². The molecule has 0 aliphatic carbocycles. The van der Waals surface area contributed by atoms with Crippen LogP contribution in [-0.2, 0) is 0 Å². The first-order valence-electron chi connectivity index (χ1n) is 10.2. The van der Waals surface area contributed by atoms with Crippen LogP contribution in [0.5, 0.6) is 0 Å². The number of nitrogens with zero attached hydrogens (tertiary/aromatic N) is 6. The summed E-state index contributed by atoms with van der Waals surface area (Å²) < 4.78 is 15.7. The molecule has 1 saturated heterocycles. The number of piperazine rings is 1. The molecule has 4 heterocycles. The Morgan fingerprint density at radius 1 is 1.12 bits per heavy atom. The van der Waals surface area contributed by atoms with Crippen molar-refractivity contribution in [3.8, 4) is 16.9 Å². The van der Waals surface area contributed by atoms with Gasteiger partial charge >= 0.3 is 0 Å². The van der Waals surface area contributed by atoms with Crippen molar-refractivity contribution in [2.24, 2.45) is 0 Å². The van der Waals surface area contributed by atoms with E-state index in [4.69, 9.17) is 11.6 Å². The SMILES string of the molecule is Cc1cc(Cl)cc(F)c1-n1nc2c(-c3ccc(N4CCN(C)CC4)nc3)n[nH]c2cc1=O. The Bertz CT molecular complexity index is 1330. The fourth-order valence-corrected chi connectivity index (χ4v) is 4.22. The summed E-state index contributed by atoms with van der Waals surface area (Å²) in [5, 5.41) is 11.9. The summed E-state index contributed by atoms with van der Waals surface area (Å²) >= 11 is 5.93. The molecule has 0 unspecified atom stereocenters. The number of pyridine rings is 1. The number of rotatable bonds is 3. The van der Waals surface area contributed by atoms with E-state index in [9.17, 15) is 9.18 Å². The summed E-state index contributed by atoms with van der Waals surface area (Å²) in [5.41, 5.74) is 2.31. The first kappa shape index (κ1) is 20.6. The van der Waals surface area contributed by atoms with E-state index < -0.39 is 11.4 Å². The van der Waals surface area contributed by atoms with Crippen LogP contribution in [0.15, 0.2) is 41.3 Å². The Morgan fingerprint density at radius 2 is 1.91 bits per heavy atom. The predicted molar refractivity (Wildman–Crippen MR) is 122 cm³/mol. The first-order chi connectivity index (χ1) is 15.4. The molecule has 0 spiro atoms. The van der Waals surface area contributed by atoms with E-state index in [2.05, 4.69) is 37.1 Å². The highest BCUT2D eigenvalue weighted by atomic mass is 35.5. The van der Waals surface area contributed by atoms with Gasteiger partial charge in [0.05, 0.1) is 5.52 Å². The number of nitrogens with one attached hydrogen (secondary N) is 1. The van der Waals surface area contributed by atoms with Gasteiger partial charge in [0.1, 0.15) is 22.7 Å². The van der Waals surface area contributed by atoms with Gasteiger partial charge in [0.25, 0.3) is 5.56 Å². The number of benzene rings is 1. The monoisotopic (exact) mass is 453 g/mol. The molecular weight excluding hydrogens is 433 g/mol. The van der Waals surface area contributed by atoms with Crippen molar-refractivity contribution in [1.29, 1.82) is 0 Å². The van der Waals surface area contributed by atoms with Gasteiger partial charge in [0.15, 0.2) is 5.82 Å². The standard InChI is InChI=1S/C22H21ClFN7O/c1-13-9-15(23)10-16(24)22(13)31-19(32)11-17-21(28-31)20(27-26-17)14-3-4-18(25-12-14)30-7-5-29(2)6-8-30/h3-4,9-12,26H,5-8H2,1-2H3. The number of aromatic amines is 1. The molecule has 0 bridgehead atoms. The Hall–Kier alpha value is -3.30. The second-order valence-electron chi connectivity index (χ2n) is 7.98. The molecule has 32 heavy (non-hydrogen) atoms. The molecule has 0 atom stereocenters. The third-order valence-electron chi connectivity index (χ3n) is 5.72. The van der Waals surface area contributed by atoms with Crippen molar-refractivity contribution in [3.05, 3.63) is 63.3 Å². The van der Waals surface area contributed by atoms with Crippen LogP contribution in [0.25, 0.3) is 28.0 Å². The first-order valence-corrected chi connectivity index (χ1v) is 10.6. The van der Waals surface area contributed by atoms with Crippen LogP contribution in [0.3, 0.4) is 0 Å². The van der Waals surface area contributed by atoms with Gasteiger partial charge in [-0.15, -0.1) is 0 Å². The number of hydrogen-bond acceptors (Lipinski definition) is 6. The molecule has 5 rings (SSSR count). The number of H-pyrrole nitrogens is 1. The maximum absolute atomic E-state index is 14.6. The summed E-state index contributed by atoms with van der Waals surface area (Å²) in [6.07, 6.45) is 1.74. The summed E-state index contributed by atoms with van der Waals surface area (Å²) in [6, 6.07) is 8.01. The lowest BCUT2D eigenvalue weighted by Crippen LogP contribution is -2.44. The fraction of sp³-hybridized carbons (Fsp3) is 0.273. The number of likely N-dealkylation sites (N-methyl/N-ethyl adjacent to an activating group) is 1. The average Bonchev–Trinajstić information content (AvgIpc) is 3.16. The van der Waals surface area contributed by atoms with Gasteiger partial charge in [-0.3, -0.25) is 9.89 Å². The molecule has 0 radical (unpaired) electrons.